The highest BCUT2D eigenvalue weighted by Gasteiger charge is 2.34. The lowest BCUT2D eigenvalue weighted by Gasteiger charge is -2.36. The van der Waals surface area contributed by atoms with Crippen LogP contribution in [0.15, 0.2) is 48.7 Å². The van der Waals surface area contributed by atoms with Crippen LogP contribution in [0.25, 0.3) is 10.4 Å². The summed E-state index contributed by atoms with van der Waals surface area (Å²) >= 11 is 1.49. The lowest BCUT2D eigenvalue weighted by molar-refractivity contribution is -0.127. The van der Waals surface area contributed by atoms with Gasteiger partial charge in [-0.05, 0) is 105 Å². The number of amides is 2. The first-order chi connectivity index (χ1) is 19.9. The van der Waals surface area contributed by atoms with Crippen LogP contribution >= 0.6 is 11.3 Å². The van der Waals surface area contributed by atoms with Gasteiger partial charge in [-0.1, -0.05) is 35.6 Å². The maximum atomic E-state index is 14.1. The third kappa shape index (κ3) is 6.75. The van der Waals surface area contributed by atoms with E-state index in [0.29, 0.717) is 49.3 Å². The molecule has 2 N–H and O–H groups in total. The van der Waals surface area contributed by atoms with Gasteiger partial charge in [-0.2, -0.15) is 0 Å². The molecule has 2 saturated carbocycles. The molecule has 2 aliphatic rings. The summed E-state index contributed by atoms with van der Waals surface area (Å²) in [6.45, 7) is 2.81. The monoisotopic (exact) mass is 575 g/mol. The molecule has 41 heavy (non-hydrogen) atoms. The summed E-state index contributed by atoms with van der Waals surface area (Å²) < 4.78 is 10.8. The van der Waals surface area contributed by atoms with E-state index in [9.17, 15) is 9.59 Å². The number of carbonyl (C=O) groups is 2. The number of primary amides is 1. The standard InChI is InChI=1S/C33H41N3O4S/c1-21-17-26(15-16-29(21)39-2)23-9-7-22(8-10-23)20-36(32(38)25-13-11-24(12-14-25)31(34)37)28-6-4-5-27(18-28)30-19-35-33(40-3)41-30/h4-6,15-19,22-25H,7-14,20H2,1-3H3,(H2,34,37). The molecule has 0 atom stereocenters. The number of thiazole rings is 1. The van der Waals surface area contributed by atoms with Crippen LogP contribution in [0, 0.1) is 24.7 Å². The maximum absolute atomic E-state index is 14.1. The first-order valence-corrected chi connectivity index (χ1v) is 15.5. The largest absolute Gasteiger partial charge is 0.496 e. The Hall–Kier alpha value is -3.39. The molecule has 7 nitrogen and oxygen atoms in total. The minimum Gasteiger partial charge on any atom is -0.496 e. The third-order valence-electron chi connectivity index (χ3n) is 9.02. The number of ether oxygens (including phenoxy) is 2. The Balaban J connectivity index is 1.33. The first kappa shape index (κ1) is 29.1. The molecule has 0 spiro atoms. The molecule has 2 amide bonds. The fraction of sp³-hybridized carbons (Fsp3) is 0.485. The number of anilines is 1. The molecule has 2 aromatic carbocycles. The van der Waals surface area contributed by atoms with Crippen molar-refractivity contribution in [3.05, 3.63) is 59.8 Å². The topological polar surface area (TPSA) is 94.8 Å². The van der Waals surface area contributed by atoms with Gasteiger partial charge in [0.1, 0.15) is 5.75 Å². The smallest absolute Gasteiger partial charge is 0.273 e. The van der Waals surface area contributed by atoms with Gasteiger partial charge in [-0.3, -0.25) is 9.59 Å². The lowest BCUT2D eigenvalue weighted by Crippen LogP contribution is -2.42. The van der Waals surface area contributed by atoms with Crippen molar-refractivity contribution in [1.82, 2.24) is 4.98 Å². The summed E-state index contributed by atoms with van der Waals surface area (Å²) in [5.41, 5.74) is 10.1. The van der Waals surface area contributed by atoms with E-state index in [-0.39, 0.29) is 23.7 Å². The van der Waals surface area contributed by atoms with Crippen molar-refractivity contribution in [3.63, 3.8) is 0 Å². The highest BCUT2D eigenvalue weighted by molar-refractivity contribution is 7.16. The molecule has 0 radical (unpaired) electrons. The average molecular weight is 576 g/mol. The molecule has 0 aliphatic heterocycles. The van der Waals surface area contributed by atoms with E-state index < -0.39 is 0 Å². The van der Waals surface area contributed by atoms with Crippen molar-refractivity contribution < 1.29 is 19.1 Å². The van der Waals surface area contributed by atoms with Gasteiger partial charge in [0.05, 0.1) is 19.1 Å². The zero-order valence-corrected chi connectivity index (χ0v) is 25.1. The molecule has 5 rings (SSSR count). The van der Waals surface area contributed by atoms with Gasteiger partial charge in [0, 0.05) is 30.3 Å². The van der Waals surface area contributed by atoms with Crippen molar-refractivity contribution in [2.45, 2.75) is 64.2 Å². The summed E-state index contributed by atoms with van der Waals surface area (Å²) in [6.07, 6.45) is 9.00. The summed E-state index contributed by atoms with van der Waals surface area (Å²) in [4.78, 5) is 33.2. The van der Waals surface area contributed by atoms with E-state index in [1.165, 1.54) is 22.5 Å². The fourth-order valence-electron chi connectivity index (χ4n) is 6.57. The van der Waals surface area contributed by atoms with Crippen LogP contribution in [0.2, 0.25) is 0 Å². The highest BCUT2D eigenvalue weighted by Crippen LogP contribution is 2.40. The molecule has 3 aromatic rings. The van der Waals surface area contributed by atoms with Gasteiger partial charge >= 0.3 is 0 Å². The molecule has 0 unspecified atom stereocenters. The lowest BCUT2D eigenvalue weighted by atomic mass is 9.77. The molecule has 1 aromatic heterocycles. The molecule has 2 aliphatic carbocycles. The zero-order chi connectivity index (χ0) is 28.9. The van der Waals surface area contributed by atoms with Gasteiger partial charge in [0.25, 0.3) is 5.19 Å². The van der Waals surface area contributed by atoms with E-state index in [1.807, 2.05) is 23.2 Å². The molecule has 0 bridgehead atoms. The summed E-state index contributed by atoms with van der Waals surface area (Å²) in [5, 5.41) is 0.619. The number of carbonyl (C=O) groups excluding carboxylic acids is 2. The number of hydrogen-bond donors (Lipinski definition) is 1. The van der Waals surface area contributed by atoms with Gasteiger partial charge in [-0.25, -0.2) is 4.98 Å². The number of benzene rings is 2. The summed E-state index contributed by atoms with van der Waals surface area (Å²) in [5.74, 6) is 1.62. The Morgan fingerprint density at radius 1 is 0.951 bits per heavy atom. The van der Waals surface area contributed by atoms with E-state index in [1.54, 1.807) is 14.2 Å². The quantitative estimate of drug-likeness (QED) is 0.305. The number of nitrogens with two attached hydrogens (primary N) is 1. The molecule has 2 fully saturated rings. The van der Waals surface area contributed by atoms with Crippen molar-refractivity contribution in [1.29, 1.82) is 0 Å². The van der Waals surface area contributed by atoms with Crippen molar-refractivity contribution in [2.24, 2.45) is 23.5 Å². The van der Waals surface area contributed by atoms with Crippen LogP contribution in [-0.2, 0) is 9.59 Å². The fourth-order valence-corrected chi connectivity index (χ4v) is 7.30. The number of nitrogens with zero attached hydrogens (tertiary/aromatic N) is 2. The SMILES string of the molecule is COc1ncc(-c2cccc(N(CC3CCC(c4ccc(OC)c(C)c4)CC3)C(=O)C3CCC(C(N)=O)CC3)c2)s1. The van der Waals surface area contributed by atoms with E-state index >= 15 is 0 Å². The third-order valence-corrected chi connectivity index (χ3v) is 10.0. The number of methoxy groups -OCH3 is 2. The average Bonchev–Trinajstić information content (AvgIpc) is 3.50. The zero-order valence-electron chi connectivity index (χ0n) is 24.3. The number of hydrogen-bond acceptors (Lipinski definition) is 6. The molecule has 8 heteroatoms. The Kier molecular flexibility index (Phi) is 9.28. The number of aryl methyl sites for hydroxylation is 1. The minimum absolute atomic E-state index is 0.0867. The Morgan fingerprint density at radius 2 is 1.68 bits per heavy atom. The second kappa shape index (κ2) is 13.1. The Bertz CT molecular complexity index is 1360. The minimum atomic E-state index is -0.246. The molecule has 0 saturated heterocycles. The second-order valence-corrected chi connectivity index (χ2v) is 12.6. The number of rotatable bonds is 9. The van der Waals surface area contributed by atoms with Crippen LogP contribution in [0.4, 0.5) is 5.69 Å². The van der Waals surface area contributed by atoms with Gasteiger partial charge in [-0.15, -0.1) is 0 Å². The van der Waals surface area contributed by atoms with Crippen LogP contribution < -0.4 is 20.1 Å². The Morgan fingerprint density at radius 3 is 2.32 bits per heavy atom. The molecular formula is C33H41N3O4S. The van der Waals surface area contributed by atoms with E-state index in [2.05, 4.69) is 42.2 Å². The number of aromatic nitrogens is 1. The normalized spacial score (nSPS) is 22.6. The predicted octanol–water partition coefficient (Wildman–Crippen LogP) is 6.73. The van der Waals surface area contributed by atoms with Crippen LogP contribution in [0.1, 0.15) is 68.4 Å². The van der Waals surface area contributed by atoms with Gasteiger partial charge in [0.2, 0.25) is 11.8 Å². The van der Waals surface area contributed by atoms with E-state index in [0.717, 1.165) is 47.6 Å². The van der Waals surface area contributed by atoms with Crippen LogP contribution in [0.3, 0.4) is 0 Å². The van der Waals surface area contributed by atoms with Crippen molar-refractivity contribution in [2.75, 3.05) is 25.7 Å². The predicted molar refractivity (Wildman–Crippen MR) is 164 cm³/mol. The molecular weight excluding hydrogens is 534 g/mol. The van der Waals surface area contributed by atoms with E-state index in [4.69, 9.17) is 15.2 Å². The van der Waals surface area contributed by atoms with Crippen LogP contribution in [0.5, 0.6) is 10.9 Å². The first-order valence-electron chi connectivity index (χ1n) is 14.7. The van der Waals surface area contributed by atoms with Crippen LogP contribution in [-0.4, -0.2) is 37.6 Å². The highest BCUT2D eigenvalue weighted by atomic mass is 32.1. The Labute approximate surface area is 247 Å². The van der Waals surface area contributed by atoms with Crippen molar-refractivity contribution in [3.8, 4) is 21.4 Å². The second-order valence-electron chi connectivity index (χ2n) is 11.6. The maximum Gasteiger partial charge on any atom is 0.273 e. The van der Waals surface area contributed by atoms with Crippen molar-refractivity contribution >= 4 is 28.8 Å². The summed E-state index contributed by atoms with van der Waals surface area (Å²) in [7, 11) is 3.34. The van der Waals surface area contributed by atoms with Gasteiger partial charge in [0.15, 0.2) is 0 Å². The van der Waals surface area contributed by atoms with Gasteiger partial charge < -0.3 is 20.1 Å². The molecule has 1 heterocycles. The molecule has 218 valence electrons. The summed E-state index contributed by atoms with van der Waals surface area (Å²) in [6, 6.07) is 14.8.